The SMILES string of the molecule is CC(N)Cc1ccc(SC2CCCC2)cc1Br. The van der Waals surface area contributed by atoms with Gasteiger partial charge in [0.2, 0.25) is 0 Å². The lowest BCUT2D eigenvalue weighted by Crippen LogP contribution is -2.17. The highest BCUT2D eigenvalue weighted by Gasteiger charge is 2.16. The summed E-state index contributed by atoms with van der Waals surface area (Å²) in [4.78, 5) is 1.39. The van der Waals surface area contributed by atoms with Crippen LogP contribution in [0, 0.1) is 0 Å². The van der Waals surface area contributed by atoms with Crippen LogP contribution >= 0.6 is 27.7 Å². The Balaban J connectivity index is 2.02. The van der Waals surface area contributed by atoms with Gasteiger partial charge in [0.1, 0.15) is 0 Å². The molecule has 0 amide bonds. The van der Waals surface area contributed by atoms with Crippen LogP contribution in [0.25, 0.3) is 0 Å². The fourth-order valence-corrected chi connectivity index (χ4v) is 4.29. The topological polar surface area (TPSA) is 26.0 Å². The second kappa shape index (κ2) is 6.26. The molecule has 0 aliphatic heterocycles. The van der Waals surface area contributed by atoms with E-state index in [4.69, 9.17) is 5.73 Å². The van der Waals surface area contributed by atoms with E-state index >= 15 is 0 Å². The average molecular weight is 314 g/mol. The Morgan fingerprint density at radius 2 is 2.12 bits per heavy atom. The summed E-state index contributed by atoms with van der Waals surface area (Å²) in [6.07, 6.45) is 6.51. The van der Waals surface area contributed by atoms with Gasteiger partial charge in [-0.15, -0.1) is 11.8 Å². The lowest BCUT2D eigenvalue weighted by molar-refractivity contribution is 0.735. The van der Waals surface area contributed by atoms with Crippen molar-refractivity contribution in [1.29, 1.82) is 0 Å². The highest BCUT2D eigenvalue weighted by molar-refractivity contribution is 9.10. The molecule has 1 aromatic rings. The number of rotatable bonds is 4. The molecule has 1 nitrogen and oxygen atoms in total. The Morgan fingerprint density at radius 1 is 1.41 bits per heavy atom. The molecule has 0 bridgehead atoms. The minimum Gasteiger partial charge on any atom is -0.328 e. The predicted molar refractivity (Wildman–Crippen MR) is 79.6 cm³/mol. The minimum absolute atomic E-state index is 0.222. The molecular formula is C14H20BrNS. The van der Waals surface area contributed by atoms with E-state index in [-0.39, 0.29) is 6.04 Å². The summed E-state index contributed by atoms with van der Waals surface area (Å²) in [5.74, 6) is 0. The maximum Gasteiger partial charge on any atom is 0.0219 e. The zero-order valence-electron chi connectivity index (χ0n) is 10.3. The van der Waals surface area contributed by atoms with Crippen LogP contribution in [0.4, 0.5) is 0 Å². The van der Waals surface area contributed by atoms with E-state index in [1.165, 1.54) is 40.6 Å². The van der Waals surface area contributed by atoms with Gasteiger partial charge in [-0.2, -0.15) is 0 Å². The van der Waals surface area contributed by atoms with Crippen molar-refractivity contribution in [3.05, 3.63) is 28.2 Å². The van der Waals surface area contributed by atoms with Crippen molar-refractivity contribution in [3.63, 3.8) is 0 Å². The molecule has 17 heavy (non-hydrogen) atoms. The first-order chi connectivity index (χ1) is 8.15. The normalized spacial score (nSPS) is 18.5. The van der Waals surface area contributed by atoms with E-state index in [0.29, 0.717) is 0 Å². The third-order valence-corrected chi connectivity index (χ3v) is 5.24. The van der Waals surface area contributed by atoms with E-state index in [0.717, 1.165) is 11.7 Å². The molecule has 0 radical (unpaired) electrons. The van der Waals surface area contributed by atoms with E-state index in [1.54, 1.807) is 0 Å². The molecular weight excluding hydrogens is 294 g/mol. The standard InChI is InChI=1S/C14H20BrNS/c1-10(16)8-11-6-7-13(9-14(11)15)17-12-4-2-3-5-12/h6-7,9-10,12H,2-5,8,16H2,1H3. The van der Waals surface area contributed by atoms with Crippen LogP contribution in [-0.4, -0.2) is 11.3 Å². The molecule has 1 aliphatic carbocycles. The Bertz CT molecular complexity index is 372. The molecule has 0 saturated heterocycles. The first-order valence-electron chi connectivity index (χ1n) is 6.36. The fraction of sp³-hybridized carbons (Fsp3) is 0.571. The number of thioether (sulfide) groups is 1. The molecule has 94 valence electrons. The fourth-order valence-electron chi connectivity index (χ4n) is 2.31. The number of halogens is 1. The van der Waals surface area contributed by atoms with Gasteiger partial charge in [0, 0.05) is 20.7 Å². The Labute approximate surface area is 117 Å². The minimum atomic E-state index is 0.222. The van der Waals surface area contributed by atoms with Gasteiger partial charge >= 0.3 is 0 Å². The van der Waals surface area contributed by atoms with Crippen LogP contribution in [0.2, 0.25) is 0 Å². The summed E-state index contributed by atoms with van der Waals surface area (Å²) in [6.45, 7) is 2.05. The maximum atomic E-state index is 5.84. The lowest BCUT2D eigenvalue weighted by Gasteiger charge is -2.12. The summed E-state index contributed by atoms with van der Waals surface area (Å²) in [5, 5.41) is 0.834. The predicted octanol–water partition coefficient (Wildman–Crippen LogP) is 4.37. The highest BCUT2D eigenvalue weighted by Crippen LogP contribution is 2.36. The van der Waals surface area contributed by atoms with Crippen molar-refractivity contribution in [3.8, 4) is 0 Å². The molecule has 0 spiro atoms. The molecule has 2 rings (SSSR count). The second-order valence-corrected chi connectivity index (χ2v) is 7.19. The molecule has 1 saturated carbocycles. The third kappa shape index (κ3) is 4.01. The zero-order chi connectivity index (χ0) is 12.3. The van der Waals surface area contributed by atoms with Gasteiger partial charge in [0.05, 0.1) is 0 Å². The van der Waals surface area contributed by atoms with Crippen LogP contribution in [0.5, 0.6) is 0 Å². The van der Waals surface area contributed by atoms with Crippen molar-refractivity contribution in [2.45, 2.75) is 55.2 Å². The summed E-state index contributed by atoms with van der Waals surface area (Å²) in [6, 6.07) is 6.93. The monoisotopic (exact) mass is 313 g/mol. The van der Waals surface area contributed by atoms with E-state index in [1.807, 2.05) is 18.7 Å². The van der Waals surface area contributed by atoms with Crippen LogP contribution in [0.3, 0.4) is 0 Å². The summed E-state index contributed by atoms with van der Waals surface area (Å²) >= 11 is 5.69. The number of benzene rings is 1. The van der Waals surface area contributed by atoms with Gasteiger partial charge in [-0.3, -0.25) is 0 Å². The first-order valence-corrected chi connectivity index (χ1v) is 8.03. The molecule has 1 unspecified atom stereocenters. The van der Waals surface area contributed by atoms with Crippen molar-refractivity contribution in [1.82, 2.24) is 0 Å². The van der Waals surface area contributed by atoms with E-state index < -0.39 is 0 Å². The largest absolute Gasteiger partial charge is 0.328 e. The number of nitrogens with two attached hydrogens (primary N) is 1. The average Bonchev–Trinajstić information content (AvgIpc) is 2.74. The number of hydrogen-bond donors (Lipinski definition) is 1. The van der Waals surface area contributed by atoms with Crippen LogP contribution in [-0.2, 0) is 6.42 Å². The summed E-state index contributed by atoms with van der Waals surface area (Å²) < 4.78 is 1.21. The molecule has 1 aromatic carbocycles. The zero-order valence-corrected chi connectivity index (χ0v) is 12.7. The first kappa shape index (κ1) is 13.4. The van der Waals surface area contributed by atoms with Gasteiger partial charge < -0.3 is 5.73 Å². The van der Waals surface area contributed by atoms with Gasteiger partial charge in [-0.05, 0) is 43.9 Å². The van der Waals surface area contributed by atoms with Crippen molar-refractivity contribution < 1.29 is 0 Å². The van der Waals surface area contributed by atoms with Crippen LogP contribution < -0.4 is 5.73 Å². The van der Waals surface area contributed by atoms with E-state index in [2.05, 4.69) is 34.1 Å². The Morgan fingerprint density at radius 3 is 2.71 bits per heavy atom. The van der Waals surface area contributed by atoms with Crippen LogP contribution in [0.15, 0.2) is 27.6 Å². The summed E-state index contributed by atoms with van der Waals surface area (Å²) in [5.41, 5.74) is 7.15. The second-order valence-electron chi connectivity index (χ2n) is 4.96. The van der Waals surface area contributed by atoms with Gasteiger partial charge in [-0.25, -0.2) is 0 Å². The summed E-state index contributed by atoms with van der Waals surface area (Å²) in [7, 11) is 0. The lowest BCUT2D eigenvalue weighted by atomic mass is 10.1. The molecule has 3 heteroatoms. The van der Waals surface area contributed by atoms with Gasteiger partial charge in [0.25, 0.3) is 0 Å². The molecule has 2 N–H and O–H groups in total. The van der Waals surface area contributed by atoms with Gasteiger partial charge in [-0.1, -0.05) is 34.8 Å². The van der Waals surface area contributed by atoms with E-state index in [9.17, 15) is 0 Å². The Kier molecular flexibility index (Phi) is 4.95. The molecule has 0 aromatic heterocycles. The maximum absolute atomic E-state index is 5.84. The molecule has 1 fully saturated rings. The Hall–Kier alpha value is 0.01000. The highest BCUT2D eigenvalue weighted by atomic mass is 79.9. The van der Waals surface area contributed by atoms with Crippen molar-refractivity contribution >= 4 is 27.7 Å². The number of hydrogen-bond acceptors (Lipinski definition) is 2. The molecule has 1 atom stereocenters. The van der Waals surface area contributed by atoms with Crippen molar-refractivity contribution in [2.75, 3.05) is 0 Å². The van der Waals surface area contributed by atoms with Crippen LogP contribution in [0.1, 0.15) is 38.2 Å². The third-order valence-electron chi connectivity index (χ3n) is 3.17. The van der Waals surface area contributed by atoms with Crippen molar-refractivity contribution in [2.24, 2.45) is 5.73 Å². The smallest absolute Gasteiger partial charge is 0.0219 e. The molecule has 1 aliphatic rings. The quantitative estimate of drug-likeness (QED) is 0.893. The van der Waals surface area contributed by atoms with Gasteiger partial charge in [0.15, 0.2) is 0 Å². The molecule has 0 heterocycles.